The van der Waals surface area contributed by atoms with E-state index in [0.717, 1.165) is 0 Å². The van der Waals surface area contributed by atoms with Gasteiger partial charge in [-0.2, -0.15) is 13.2 Å². The maximum absolute atomic E-state index is 12.3. The Morgan fingerprint density at radius 2 is 1.79 bits per heavy atom. The highest BCUT2D eigenvalue weighted by molar-refractivity contribution is 5.92. The van der Waals surface area contributed by atoms with Crippen LogP contribution in [0.15, 0.2) is 18.2 Å². The van der Waals surface area contributed by atoms with Crippen LogP contribution in [0.5, 0.6) is 5.75 Å². The molecule has 10 heteroatoms. The van der Waals surface area contributed by atoms with Crippen LogP contribution in [0.2, 0.25) is 0 Å². The van der Waals surface area contributed by atoms with E-state index in [0.29, 0.717) is 30.2 Å². The summed E-state index contributed by atoms with van der Waals surface area (Å²) in [5.74, 6) is -1.97. The van der Waals surface area contributed by atoms with E-state index in [1.807, 2.05) is 0 Å². The van der Waals surface area contributed by atoms with Crippen molar-refractivity contribution in [2.24, 2.45) is 0 Å². The monoisotopic (exact) mass is 406 g/mol. The summed E-state index contributed by atoms with van der Waals surface area (Å²) in [6.07, 6.45) is -5.48. The number of carbonyl (C=O) groups excluding carboxylic acids is 2. The summed E-state index contributed by atoms with van der Waals surface area (Å²) >= 11 is 0. The summed E-state index contributed by atoms with van der Waals surface area (Å²) in [5.41, 5.74) is 0.976. The second-order valence-corrected chi connectivity index (χ2v) is 5.63. The Balaban J connectivity index is 2.73. The number of anilines is 1. The summed E-state index contributed by atoms with van der Waals surface area (Å²) in [7, 11) is 1.43. The quantitative estimate of drug-likeness (QED) is 0.552. The number of ether oxygens (including phenoxy) is 3. The Morgan fingerprint density at radius 3 is 2.32 bits per heavy atom. The van der Waals surface area contributed by atoms with Gasteiger partial charge in [0, 0.05) is 19.8 Å². The third-order valence-electron chi connectivity index (χ3n) is 3.55. The highest BCUT2D eigenvalue weighted by Crippen LogP contribution is 2.26. The van der Waals surface area contributed by atoms with Crippen LogP contribution in [0.1, 0.15) is 25.8 Å². The van der Waals surface area contributed by atoms with Gasteiger partial charge in [-0.1, -0.05) is 6.07 Å². The van der Waals surface area contributed by atoms with Crippen LogP contribution in [0.3, 0.4) is 0 Å². The molecule has 2 N–H and O–H groups in total. The van der Waals surface area contributed by atoms with Crippen LogP contribution in [0.4, 0.5) is 18.9 Å². The van der Waals surface area contributed by atoms with Crippen molar-refractivity contribution in [2.45, 2.75) is 39.2 Å². The molecule has 2 amide bonds. The van der Waals surface area contributed by atoms with Crippen molar-refractivity contribution in [3.63, 3.8) is 0 Å². The molecule has 0 spiro atoms. The molecule has 0 aromatic heterocycles. The number of halogens is 3. The van der Waals surface area contributed by atoms with Gasteiger partial charge in [0.25, 0.3) is 0 Å². The molecule has 28 heavy (non-hydrogen) atoms. The van der Waals surface area contributed by atoms with Gasteiger partial charge in [-0.25, -0.2) is 0 Å². The van der Waals surface area contributed by atoms with Gasteiger partial charge in [0.2, 0.25) is 5.91 Å². The summed E-state index contributed by atoms with van der Waals surface area (Å²) in [4.78, 5) is 23.1. The van der Waals surface area contributed by atoms with Crippen molar-refractivity contribution in [2.75, 3.05) is 32.2 Å². The molecule has 0 saturated heterocycles. The van der Waals surface area contributed by atoms with E-state index in [4.69, 9.17) is 14.2 Å². The lowest BCUT2D eigenvalue weighted by Crippen LogP contribution is -2.37. The fourth-order valence-electron chi connectivity index (χ4n) is 2.32. The fraction of sp³-hybridized carbons (Fsp3) is 0.556. The van der Waals surface area contributed by atoms with Crippen molar-refractivity contribution in [1.82, 2.24) is 5.32 Å². The van der Waals surface area contributed by atoms with Crippen LogP contribution in [0.25, 0.3) is 0 Å². The predicted molar refractivity (Wildman–Crippen MR) is 96.0 cm³/mol. The fourth-order valence-corrected chi connectivity index (χ4v) is 2.32. The molecule has 0 radical (unpaired) electrons. The second kappa shape index (κ2) is 11.5. The lowest BCUT2D eigenvalue weighted by Gasteiger charge is -2.17. The van der Waals surface area contributed by atoms with Crippen LogP contribution in [0, 0.1) is 0 Å². The van der Waals surface area contributed by atoms with Crippen LogP contribution >= 0.6 is 0 Å². The molecule has 0 unspecified atom stereocenters. The van der Waals surface area contributed by atoms with E-state index >= 15 is 0 Å². The number of benzene rings is 1. The van der Waals surface area contributed by atoms with E-state index < -0.39 is 18.4 Å². The number of nitrogens with one attached hydrogen (secondary N) is 2. The Labute approximate surface area is 161 Å². The lowest BCUT2D eigenvalue weighted by atomic mass is 10.1. The highest BCUT2D eigenvalue weighted by Gasteiger charge is 2.38. The zero-order chi connectivity index (χ0) is 21.2. The van der Waals surface area contributed by atoms with Gasteiger partial charge < -0.3 is 24.8 Å². The molecule has 0 bridgehead atoms. The molecule has 1 rings (SSSR count). The SMILES string of the molecule is CCOC(CC(=O)Nc1cc(CCNC(=O)C(F)(F)F)ccc1OC)OCC. The summed E-state index contributed by atoms with van der Waals surface area (Å²) in [5, 5.41) is 4.48. The Bertz CT molecular complexity index is 647. The third kappa shape index (κ3) is 8.13. The highest BCUT2D eigenvalue weighted by atomic mass is 19.4. The average molecular weight is 406 g/mol. The number of hydrogen-bond acceptors (Lipinski definition) is 5. The number of amides is 2. The molecule has 0 aliphatic rings. The largest absolute Gasteiger partial charge is 0.495 e. The summed E-state index contributed by atoms with van der Waals surface area (Å²) < 4.78 is 52.4. The van der Waals surface area contributed by atoms with Crippen LogP contribution in [-0.4, -0.2) is 51.1 Å². The van der Waals surface area contributed by atoms with E-state index in [1.165, 1.54) is 7.11 Å². The van der Waals surface area contributed by atoms with Gasteiger partial charge in [0.1, 0.15) is 5.75 Å². The summed E-state index contributed by atoms with van der Waals surface area (Å²) in [6, 6.07) is 4.80. The Kier molecular flexibility index (Phi) is 9.74. The van der Waals surface area contributed by atoms with Gasteiger partial charge in [-0.3, -0.25) is 9.59 Å². The minimum absolute atomic E-state index is 0.0310. The van der Waals surface area contributed by atoms with Crippen molar-refractivity contribution < 1.29 is 37.0 Å². The Morgan fingerprint density at radius 1 is 1.14 bits per heavy atom. The van der Waals surface area contributed by atoms with E-state index in [9.17, 15) is 22.8 Å². The first-order chi connectivity index (χ1) is 13.2. The van der Waals surface area contributed by atoms with E-state index in [-0.39, 0.29) is 25.3 Å². The molecular weight excluding hydrogens is 381 g/mol. The lowest BCUT2D eigenvalue weighted by molar-refractivity contribution is -0.173. The van der Waals surface area contributed by atoms with Gasteiger partial charge in [-0.05, 0) is 38.0 Å². The number of carbonyl (C=O) groups is 2. The maximum Gasteiger partial charge on any atom is 0.471 e. The summed E-state index contributed by atoms with van der Waals surface area (Å²) in [6.45, 7) is 4.15. The molecule has 7 nitrogen and oxygen atoms in total. The third-order valence-corrected chi connectivity index (χ3v) is 3.55. The molecule has 1 aromatic rings. The molecular formula is C18H25F3N2O5. The molecule has 0 heterocycles. The minimum atomic E-state index is -4.92. The number of hydrogen-bond donors (Lipinski definition) is 2. The molecule has 0 fully saturated rings. The van der Waals surface area contributed by atoms with E-state index in [1.54, 1.807) is 37.4 Å². The van der Waals surface area contributed by atoms with Gasteiger partial charge in [0.05, 0.1) is 19.2 Å². The normalized spacial score (nSPS) is 11.4. The molecule has 0 aliphatic heterocycles. The van der Waals surface area contributed by atoms with Crippen molar-refractivity contribution in [1.29, 1.82) is 0 Å². The number of alkyl halides is 3. The van der Waals surface area contributed by atoms with Crippen LogP contribution in [-0.2, 0) is 25.5 Å². The topological polar surface area (TPSA) is 85.9 Å². The van der Waals surface area contributed by atoms with Gasteiger partial charge >= 0.3 is 12.1 Å². The average Bonchev–Trinajstić information content (AvgIpc) is 2.61. The Hall–Kier alpha value is -2.33. The molecule has 0 atom stereocenters. The van der Waals surface area contributed by atoms with Crippen molar-refractivity contribution in [3.8, 4) is 5.75 Å². The zero-order valence-electron chi connectivity index (χ0n) is 16.0. The number of methoxy groups -OCH3 is 1. The second-order valence-electron chi connectivity index (χ2n) is 5.63. The first-order valence-electron chi connectivity index (χ1n) is 8.76. The molecule has 158 valence electrons. The molecule has 1 aromatic carbocycles. The smallest absolute Gasteiger partial charge is 0.471 e. The first-order valence-corrected chi connectivity index (χ1v) is 8.76. The molecule has 0 saturated carbocycles. The standard InChI is InChI=1S/C18H25F3N2O5/c1-4-27-16(28-5-2)11-15(24)23-13-10-12(6-7-14(13)26-3)8-9-22-17(25)18(19,20)21/h6-7,10,16H,4-5,8-9,11H2,1-3H3,(H,22,25)(H,23,24). The number of rotatable bonds is 11. The van der Waals surface area contributed by atoms with Gasteiger partial charge in [0.15, 0.2) is 6.29 Å². The predicted octanol–water partition coefficient (Wildman–Crippen LogP) is 2.64. The van der Waals surface area contributed by atoms with E-state index in [2.05, 4.69) is 5.32 Å². The molecule has 0 aliphatic carbocycles. The van der Waals surface area contributed by atoms with Crippen LogP contribution < -0.4 is 15.4 Å². The zero-order valence-corrected chi connectivity index (χ0v) is 16.0. The van der Waals surface area contributed by atoms with Gasteiger partial charge in [-0.15, -0.1) is 0 Å². The first kappa shape index (κ1) is 23.7. The maximum atomic E-state index is 12.3. The van der Waals surface area contributed by atoms with Crippen molar-refractivity contribution in [3.05, 3.63) is 23.8 Å². The van der Waals surface area contributed by atoms with Crippen molar-refractivity contribution >= 4 is 17.5 Å². The minimum Gasteiger partial charge on any atom is -0.495 e.